The number of aromatic nitrogens is 1. The molecule has 0 amide bonds. The van der Waals surface area contributed by atoms with Crippen LogP contribution in [0.15, 0.2) is 79.0 Å². The summed E-state index contributed by atoms with van der Waals surface area (Å²) in [6.07, 6.45) is 3.63. The van der Waals surface area contributed by atoms with E-state index in [9.17, 15) is 24.6 Å². The van der Waals surface area contributed by atoms with Crippen LogP contribution in [-0.4, -0.2) is 46.1 Å². The van der Waals surface area contributed by atoms with Gasteiger partial charge in [0.2, 0.25) is 5.91 Å². The van der Waals surface area contributed by atoms with E-state index in [1.807, 2.05) is 53.4 Å². The molecule has 0 spiro atoms. The molecule has 0 bridgehead atoms. The van der Waals surface area contributed by atoms with E-state index >= 15 is 0 Å². The van der Waals surface area contributed by atoms with Crippen LogP contribution in [-0.2, 0) is 22.4 Å². The number of rotatable bonds is 12. The van der Waals surface area contributed by atoms with E-state index in [-0.39, 0.29) is 47.7 Å². The smallest absolute Gasteiger partial charge is 0.303 e. The lowest BCUT2D eigenvalue weighted by molar-refractivity contribution is -0.136. The second-order valence-corrected chi connectivity index (χ2v) is 13.7. The number of nitrogens with zero attached hydrogens (tertiary/aromatic N) is 2. The van der Waals surface area contributed by atoms with Gasteiger partial charge in [0, 0.05) is 60.0 Å². The number of benzene rings is 4. The van der Waals surface area contributed by atoms with Crippen LogP contribution in [0.4, 0.5) is 5.69 Å². The number of aldehydes is 1. The van der Waals surface area contributed by atoms with Crippen LogP contribution in [0.2, 0.25) is 20.1 Å². The Morgan fingerprint density at radius 3 is 2.39 bits per heavy atom. The largest absolute Gasteiger partial charge is 0.481 e. The molecule has 2 N–H and O–H groups in total. The Morgan fingerprint density at radius 1 is 0.898 bits per heavy atom. The average Bonchev–Trinajstić information content (AvgIpc) is 3.70. The molecule has 2 unspecified atom stereocenters. The molecule has 2 atom stereocenters. The van der Waals surface area contributed by atoms with Crippen molar-refractivity contribution in [2.45, 2.75) is 44.1 Å². The number of aliphatic carboxylic acids is 1. The Kier molecular flexibility index (Phi) is 10.7. The minimum absolute atomic E-state index is 0.0756. The fourth-order valence-corrected chi connectivity index (χ4v) is 7.73. The zero-order valence-corrected chi connectivity index (χ0v) is 29.2. The van der Waals surface area contributed by atoms with Crippen molar-refractivity contribution in [1.82, 2.24) is 4.57 Å². The third-order valence-electron chi connectivity index (χ3n) is 9.21. The predicted octanol–water partition coefficient (Wildman–Crippen LogP) is 9.44. The number of carbonyl (C=O) groups excluding carboxylic acids is 2. The second kappa shape index (κ2) is 15.0. The average molecular weight is 738 g/mol. The number of aryl methyl sites for hydroxylation is 1. The molecule has 1 aromatic heterocycles. The number of hydrogen-bond acceptors (Lipinski definition) is 5. The predicted molar refractivity (Wildman–Crippen MR) is 196 cm³/mol. The van der Waals surface area contributed by atoms with E-state index in [1.165, 1.54) is 0 Å². The van der Waals surface area contributed by atoms with Gasteiger partial charge < -0.3 is 19.9 Å². The number of para-hydroxylation sites is 2. The maximum absolute atomic E-state index is 14.0. The molecular weight excluding hydrogens is 706 g/mol. The minimum atomic E-state index is -0.991. The summed E-state index contributed by atoms with van der Waals surface area (Å²) in [4.78, 5) is 40.5. The van der Waals surface area contributed by atoms with Gasteiger partial charge in [-0.15, -0.1) is 0 Å². The first-order chi connectivity index (χ1) is 23.6. The fraction of sp³-hybridized carbons (Fsp3) is 0.237. The van der Waals surface area contributed by atoms with Crippen LogP contribution in [0.5, 0.6) is 0 Å². The Morgan fingerprint density at radius 2 is 1.65 bits per heavy atom. The summed E-state index contributed by atoms with van der Waals surface area (Å²) in [5, 5.41) is 21.3. The first kappa shape index (κ1) is 35.0. The van der Waals surface area contributed by atoms with Crippen molar-refractivity contribution >= 4 is 81.2 Å². The normalized spacial score (nSPS) is 13.8. The number of carboxylic acid groups (broad SMARTS) is 1. The Hall–Kier alpha value is -3.85. The lowest BCUT2D eigenvalue weighted by Gasteiger charge is -2.30. The van der Waals surface area contributed by atoms with Crippen molar-refractivity contribution in [1.29, 1.82) is 0 Å². The van der Waals surface area contributed by atoms with Crippen LogP contribution in [0, 0.1) is 0 Å². The van der Waals surface area contributed by atoms with Gasteiger partial charge in [-0.3, -0.25) is 14.2 Å². The summed E-state index contributed by atoms with van der Waals surface area (Å²) in [5.41, 5.74) is 5.65. The molecule has 4 aromatic carbocycles. The molecule has 1 aliphatic rings. The summed E-state index contributed by atoms with van der Waals surface area (Å²) < 4.78 is 1.57. The van der Waals surface area contributed by atoms with Crippen molar-refractivity contribution in [2.24, 2.45) is 0 Å². The van der Waals surface area contributed by atoms with Crippen molar-refractivity contribution < 1.29 is 24.6 Å². The van der Waals surface area contributed by atoms with E-state index < -0.39 is 12.0 Å². The van der Waals surface area contributed by atoms with Gasteiger partial charge in [0.1, 0.15) is 12.3 Å². The van der Waals surface area contributed by atoms with Crippen molar-refractivity contribution in [3.05, 3.63) is 121 Å². The van der Waals surface area contributed by atoms with Gasteiger partial charge in [-0.1, -0.05) is 88.9 Å². The summed E-state index contributed by atoms with van der Waals surface area (Å²) in [6.45, 7) is 0.464. The van der Waals surface area contributed by atoms with Crippen LogP contribution >= 0.6 is 46.4 Å². The molecule has 49 heavy (non-hydrogen) atoms. The highest BCUT2D eigenvalue weighted by atomic mass is 35.5. The van der Waals surface area contributed by atoms with Crippen LogP contribution < -0.4 is 4.90 Å². The quantitative estimate of drug-likeness (QED) is 0.124. The van der Waals surface area contributed by atoms with Crippen LogP contribution in [0.3, 0.4) is 0 Å². The molecule has 6 rings (SSSR count). The fourth-order valence-electron chi connectivity index (χ4n) is 6.83. The second-order valence-electron chi connectivity index (χ2n) is 12.1. The lowest BCUT2D eigenvalue weighted by atomic mass is 9.92. The van der Waals surface area contributed by atoms with Gasteiger partial charge in [-0.2, -0.15) is 0 Å². The molecule has 11 heteroatoms. The van der Waals surface area contributed by atoms with E-state index in [0.29, 0.717) is 50.8 Å². The Balaban J connectivity index is 1.45. The van der Waals surface area contributed by atoms with Crippen LogP contribution in [0.1, 0.15) is 58.3 Å². The van der Waals surface area contributed by atoms with Crippen molar-refractivity contribution in [3.8, 4) is 11.1 Å². The molecule has 0 fully saturated rings. The summed E-state index contributed by atoms with van der Waals surface area (Å²) in [5.74, 6) is -1.53. The third-order valence-corrected chi connectivity index (χ3v) is 10.8. The van der Waals surface area contributed by atoms with Gasteiger partial charge in [0.05, 0.1) is 25.6 Å². The molecular formula is C38H32Cl4N2O5. The Labute approximate surface area is 303 Å². The summed E-state index contributed by atoms with van der Waals surface area (Å²) in [7, 11) is 0. The standard InChI is InChI=1S/C38H32Cl4N2O5/c39-29-11-9-23(18-30(29)40)24(14-16-45)19-34(47)44-20-28(26-6-2-4-8-32(26)44)27-17-25(10-12-35(48)49)36(38(42)37(27)41)33(21-46)43-15-13-22-5-1-3-7-31(22)43/h1-9,11,17-18,20-21,24,33,45H,10,12-16,19H2,(H,48,49). The number of fused-ring (bicyclic) bond motifs is 2. The highest BCUT2D eigenvalue weighted by Crippen LogP contribution is 2.46. The maximum atomic E-state index is 14.0. The Bertz CT molecular complexity index is 2080. The number of hydrogen-bond donors (Lipinski definition) is 2. The number of aliphatic hydroxyl groups is 1. The molecule has 2 heterocycles. The number of halogens is 4. The van der Waals surface area contributed by atoms with Gasteiger partial charge in [0.15, 0.2) is 0 Å². The number of anilines is 1. The highest BCUT2D eigenvalue weighted by molar-refractivity contribution is 6.45. The number of carboxylic acids is 1. The molecule has 7 nitrogen and oxygen atoms in total. The number of aliphatic hydroxyl groups excluding tert-OH is 1. The van der Waals surface area contributed by atoms with Crippen molar-refractivity contribution in [3.63, 3.8) is 0 Å². The lowest BCUT2D eigenvalue weighted by Crippen LogP contribution is -2.29. The molecule has 1 aliphatic heterocycles. The highest BCUT2D eigenvalue weighted by Gasteiger charge is 2.32. The van der Waals surface area contributed by atoms with Crippen molar-refractivity contribution in [2.75, 3.05) is 18.1 Å². The van der Waals surface area contributed by atoms with E-state index in [2.05, 4.69) is 0 Å². The van der Waals surface area contributed by atoms with Crippen LogP contribution in [0.25, 0.3) is 22.0 Å². The zero-order chi connectivity index (χ0) is 34.8. The summed E-state index contributed by atoms with van der Waals surface area (Å²) in [6, 6.07) is 21.4. The van der Waals surface area contributed by atoms with Gasteiger partial charge in [-0.25, -0.2) is 0 Å². The zero-order valence-electron chi connectivity index (χ0n) is 26.2. The molecule has 0 saturated carbocycles. The van der Waals surface area contributed by atoms with Gasteiger partial charge in [-0.05, 0) is 72.2 Å². The molecule has 5 aromatic rings. The van der Waals surface area contributed by atoms with E-state index in [1.54, 1.807) is 35.0 Å². The molecule has 0 saturated heterocycles. The first-order valence-electron chi connectivity index (χ1n) is 15.8. The van der Waals surface area contributed by atoms with E-state index in [0.717, 1.165) is 34.9 Å². The van der Waals surface area contributed by atoms with Gasteiger partial charge in [0.25, 0.3) is 0 Å². The van der Waals surface area contributed by atoms with Gasteiger partial charge >= 0.3 is 5.97 Å². The SMILES string of the molecule is O=CC(c1c(CCC(=O)O)cc(-c2cn(C(=O)CC(CCO)c3ccc(Cl)c(Cl)c3)c3ccccc23)c(Cl)c1Cl)N1CCc2ccccc21. The topological polar surface area (TPSA) is 99.8 Å². The summed E-state index contributed by atoms with van der Waals surface area (Å²) >= 11 is 26.6. The number of carbonyl (C=O) groups is 3. The molecule has 0 radical (unpaired) electrons. The third kappa shape index (κ3) is 6.96. The molecule has 252 valence electrons. The maximum Gasteiger partial charge on any atom is 0.303 e. The minimum Gasteiger partial charge on any atom is -0.481 e. The molecule has 0 aliphatic carbocycles. The monoisotopic (exact) mass is 736 g/mol. The van der Waals surface area contributed by atoms with E-state index in [4.69, 9.17) is 46.4 Å². The first-order valence-corrected chi connectivity index (χ1v) is 17.4.